The Hall–Kier alpha value is -1.12. The van der Waals surface area contributed by atoms with Gasteiger partial charge in [-0.25, -0.2) is 8.42 Å². The summed E-state index contributed by atoms with van der Waals surface area (Å²) in [5, 5.41) is 9.49. The lowest BCUT2D eigenvalue weighted by molar-refractivity contribution is -0.137. The summed E-state index contributed by atoms with van der Waals surface area (Å²) in [4.78, 5) is -0.419. The van der Waals surface area contributed by atoms with E-state index < -0.39 is 32.3 Å². The number of aliphatic hydroxyl groups is 1. The quantitative estimate of drug-likeness (QED) is 0.898. The zero-order valence-corrected chi connectivity index (χ0v) is 10.8. The first kappa shape index (κ1) is 14.3. The number of alkyl halides is 3. The summed E-state index contributed by atoms with van der Waals surface area (Å²) in [7, 11) is -3.98. The Morgan fingerprint density at radius 2 is 1.89 bits per heavy atom. The van der Waals surface area contributed by atoms with Crippen LogP contribution in [-0.2, 0) is 16.2 Å². The molecule has 0 spiro atoms. The number of rotatable bonds is 2. The molecule has 19 heavy (non-hydrogen) atoms. The van der Waals surface area contributed by atoms with Crippen LogP contribution >= 0.6 is 0 Å². The summed E-state index contributed by atoms with van der Waals surface area (Å²) in [6, 6.07) is 3.57. The molecule has 1 heterocycles. The van der Waals surface area contributed by atoms with Crippen molar-refractivity contribution in [3.8, 4) is 0 Å². The standard InChI is InChI=1S/C11H12F3NO3S/c1-10(16)6-15(7-10)19(17,18)9-4-2-3-8(5-9)11(12,13)14/h2-5,16H,6-7H2,1H3. The van der Waals surface area contributed by atoms with E-state index >= 15 is 0 Å². The van der Waals surface area contributed by atoms with Gasteiger partial charge in [-0.15, -0.1) is 0 Å². The van der Waals surface area contributed by atoms with Crippen molar-refractivity contribution in [3.63, 3.8) is 0 Å². The number of benzene rings is 1. The minimum absolute atomic E-state index is 0.119. The van der Waals surface area contributed by atoms with Crippen LogP contribution in [0.2, 0.25) is 0 Å². The van der Waals surface area contributed by atoms with Crippen LogP contribution in [0.1, 0.15) is 12.5 Å². The van der Waals surface area contributed by atoms with E-state index in [1.54, 1.807) is 0 Å². The molecule has 1 aromatic carbocycles. The topological polar surface area (TPSA) is 57.6 Å². The Morgan fingerprint density at radius 1 is 1.32 bits per heavy atom. The molecule has 0 saturated carbocycles. The summed E-state index contributed by atoms with van der Waals surface area (Å²) in [6.07, 6.45) is -4.59. The maximum absolute atomic E-state index is 12.5. The molecule has 8 heteroatoms. The second-order valence-electron chi connectivity index (χ2n) is 4.80. The number of hydrogen-bond donors (Lipinski definition) is 1. The Bertz CT molecular complexity index is 587. The number of hydrogen-bond acceptors (Lipinski definition) is 3. The van der Waals surface area contributed by atoms with Crippen molar-refractivity contribution in [1.82, 2.24) is 4.31 Å². The van der Waals surface area contributed by atoms with Gasteiger partial charge in [0, 0.05) is 13.1 Å². The molecule has 0 atom stereocenters. The van der Waals surface area contributed by atoms with E-state index in [4.69, 9.17) is 0 Å². The third-order valence-electron chi connectivity index (χ3n) is 2.83. The van der Waals surface area contributed by atoms with Crippen LogP contribution in [0.15, 0.2) is 29.2 Å². The minimum atomic E-state index is -4.59. The van der Waals surface area contributed by atoms with Crippen LogP contribution in [0.3, 0.4) is 0 Å². The molecule has 0 amide bonds. The Kier molecular flexibility index (Phi) is 3.15. The first-order valence-electron chi connectivity index (χ1n) is 5.42. The number of sulfonamides is 1. The van der Waals surface area contributed by atoms with Gasteiger partial charge in [0.05, 0.1) is 16.1 Å². The van der Waals surface area contributed by atoms with Crippen LogP contribution in [0.25, 0.3) is 0 Å². The van der Waals surface area contributed by atoms with Crippen LogP contribution in [0, 0.1) is 0 Å². The molecule has 1 aliphatic rings. The van der Waals surface area contributed by atoms with Gasteiger partial charge in [0.2, 0.25) is 10.0 Å². The lowest BCUT2D eigenvalue weighted by Crippen LogP contribution is -2.61. The molecule has 1 saturated heterocycles. The molecule has 0 unspecified atom stereocenters. The summed E-state index contributed by atoms with van der Waals surface area (Å²) >= 11 is 0. The van der Waals surface area contributed by atoms with Crippen molar-refractivity contribution in [2.75, 3.05) is 13.1 Å². The maximum atomic E-state index is 12.5. The first-order valence-corrected chi connectivity index (χ1v) is 6.86. The molecular weight excluding hydrogens is 283 g/mol. The molecule has 1 aliphatic heterocycles. The molecule has 0 radical (unpaired) electrons. The zero-order valence-electron chi connectivity index (χ0n) is 9.98. The summed E-state index contributed by atoms with van der Waals surface area (Å²) in [5.74, 6) is 0. The third kappa shape index (κ3) is 2.75. The predicted molar refractivity (Wildman–Crippen MR) is 60.8 cm³/mol. The minimum Gasteiger partial charge on any atom is -0.387 e. The summed E-state index contributed by atoms with van der Waals surface area (Å²) < 4.78 is 62.6. The van der Waals surface area contributed by atoms with Crippen molar-refractivity contribution in [3.05, 3.63) is 29.8 Å². The normalized spacial score (nSPS) is 20.1. The predicted octanol–water partition coefficient (Wildman–Crippen LogP) is 1.46. The van der Waals surface area contributed by atoms with E-state index in [0.717, 1.165) is 22.5 Å². The Balaban J connectivity index is 2.32. The molecule has 1 fully saturated rings. The molecule has 106 valence electrons. The molecule has 0 bridgehead atoms. The van der Waals surface area contributed by atoms with Gasteiger partial charge in [-0.3, -0.25) is 0 Å². The average Bonchev–Trinajstić information content (AvgIpc) is 2.25. The van der Waals surface area contributed by atoms with Crippen LogP contribution in [-0.4, -0.2) is 36.5 Å². The molecule has 0 aromatic heterocycles. The number of halogens is 3. The van der Waals surface area contributed by atoms with Gasteiger partial charge in [0.25, 0.3) is 0 Å². The van der Waals surface area contributed by atoms with Crippen LogP contribution in [0.5, 0.6) is 0 Å². The largest absolute Gasteiger partial charge is 0.416 e. The van der Waals surface area contributed by atoms with E-state index in [0.29, 0.717) is 6.07 Å². The van der Waals surface area contributed by atoms with Crippen molar-refractivity contribution < 1.29 is 26.7 Å². The first-order chi connectivity index (χ1) is 8.52. The fourth-order valence-electron chi connectivity index (χ4n) is 1.87. The zero-order chi connectivity index (χ0) is 14.5. The van der Waals surface area contributed by atoms with Crippen molar-refractivity contribution >= 4 is 10.0 Å². The van der Waals surface area contributed by atoms with Crippen LogP contribution in [0.4, 0.5) is 13.2 Å². The molecule has 4 nitrogen and oxygen atoms in total. The summed E-state index contributed by atoms with van der Waals surface area (Å²) in [5.41, 5.74) is -2.13. The lowest BCUT2D eigenvalue weighted by atomic mass is 10.0. The van der Waals surface area contributed by atoms with E-state index in [1.807, 2.05) is 0 Å². The highest BCUT2D eigenvalue weighted by molar-refractivity contribution is 7.89. The second-order valence-corrected chi connectivity index (χ2v) is 6.73. The van der Waals surface area contributed by atoms with Crippen molar-refractivity contribution in [1.29, 1.82) is 0 Å². The SMILES string of the molecule is CC1(O)CN(S(=O)(=O)c2cccc(C(F)(F)F)c2)C1. The number of nitrogens with zero attached hydrogens (tertiary/aromatic N) is 1. The maximum Gasteiger partial charge on any atom is 0.416 e. The van der Waals surface area contributed by atoms with E-state index in [9.17, 15) is 26.7 Å². The summed E-state index contributed by atoms with van der Waals surface area (Å²) in [6.45, 7) is 1.22. The van der Waals surface area contributed by atoms with Gasteiger partial charge in [-0.1, -0.05) is 6.07 Å². The molecule has 2 rings (SSSR count). The van der Waals surface area contributed by atoms with E-state index in [-0.39, 0.29) is 13.1 Å². The molecular formula is C11H12F3NO3S. The van der Waals surface area contributed by atoms with Crippen LogP contribution < -0.4 is 0 Å². The Labute approximate surface area is 108 Å². The molecule has 1 aromatic rings. The van der Waals surface area contributed by atoms with Gasteiger partial charge >= 0.3 is 6.18 Å². The third-order valence-corrected chi connectivity index (χ3v) is 4.62. The highest BCUT2D eigenvalue weighted by Crippen LogP contribution is 2.33. The molecule has 0 aliphatic carbocycles. The second kappa shape index (κ2) is 4.19. The van der Waals surface area contributed by atoms with E-state index in [1.165, 1.54) is 6.92 Å². The highest BCUT2D eigenvalue weighted by Gasteiger charge is 2.44. The fourth-order valence-corrected chi connectivity index (χ4v) is 3.59. The average molecular weight is 295 g/mol. The van der Waals surface area contributed by atoms with E-state index in [2.05, 4.69) is 0 Å². The lowest BCUT2D eigenvalue weighted by Gasteiger charge is -2.42. The number of β-amino-alcohol motifs (C(OH)–C–C–N with tert-alkyl or cyclic N) is 1. The van der Waals surface area contributed by atoms with Gasteiger partial charge in [0.15, 0.2) is 0 Å². The fraction of sp³-hybridized carbons (Fsp3) is 0.455. The van der Waals surface area contributed by atoms with Crippen molar-refractivity contribution in [2.45, 2.75) is 23.6 Å². The highest BCUT2D eigenvalue weighted by atomic mass is 32.2. The Morgan fingerprint density at radius 3 is 2.37 bits per heavy atom. The van der Waals surface area contributed by atoms with Gasteiger partial charge < -0.3 is 5.11 Å². The van der Waals surface area contributed by atoms with Gasteiger partial charge in [-0.2, -0.15) is 17.5 Å². The smallest absolute Gasteiger partial charge is 0.387 e. The molecule has 1 N–H and O–H groups in total. The monoisotopic (exact) mass is 295 g/mol. The van der Waals surface area contributed by atoms with Gasteiger partial charge in [-0.05, 0) is 25.1 Å². The van der Waals surface area contributed by atoms with Crippen molar-refractivity contribution in [2.24, 2.45) is 0 Å². The van der Waals surface area contributed by atoms with Gasteiger partial charge in [0.1, 0.15) is 0 Å².